The zero-order valence-electron chi connectivity index (χ0n) is 11.9. The van der Waals surface area contributed by atoms with E-state index in [-0.39, 0.29) is 17.5 Å². The quantitative estimate of drug-likeness (QED) is 0.646. The van der Waals surface area contributed by atoms with E-state index in [0.29, 0.717) is 0 Å². The molecule has 1 heterocycles. The lowest BCUT2D eigenvalue weighted by atomic mass is 10.0. The second-order valence-electron chi connectivity index (χ2n) is 5.93. The topological polar surface area (TPSA) is 62.3 Å². The molecule has 1 atom stereocenters. The highest BCUT2D eigenvalue weighted by atomic mass is 16.5. The van der Waals surface area contributed by atoms with E-state index >= 15 is 0 Å². The van der Waals surface area contributed by atoms with Crippen LogP contribution >= 0.6 is 0 Å². The third kappa shape index (κ3) is 3.55. The molecule has 1 saturated heterocycles. The highest BCUT2D eigenvalue weighted by Gasteiger charge is 2.31. The number of ether oxygens (including phenoxy) is 1. The van der Waals surface area contributed by atoms with Crippen molar-refractivity contribution in [3.63, 3.8) is 0 Å². The lowest BCUT2D eigenvalue weighted by molar-refractivity contribution is -0.130. The van der Waals surface area contributed by atoms with Crippen LogP contribution in [0.3, 0.4) is 0 Å². The van der Waals surface area contributed by atoms with Gasteiger partial charge in [-0.1, -0.05) is 24.3 Å². The number of hydrogen-bond acceptors (Lipinski definition) is 3. The molecule has 1 fully saturated rings. The van der Waals surface area contributed by atoms with Gasteiger partial charge in [0.1, 0.15) is 5.84 Å². The van der Waals surface area contributed by atoms with Crippen LogP contribution in [0.15, 0.2) is 24.3 Å². The molecule has 0 saturated carbocycles. The van der Waals surface area contributed by atoms with E-state index in [9.17, 15) is 0 Å². The minimum atomic E-state index is -0.122. The fourth-order valence-corrected chi connectivity index (χ4v) is 2.87. The van der Waals surface area contributed by atoms with E-state index in [1.807, 2.05) is 24.3 Å². The summed E-state index contributed by atoms with van der Waals surface area (Å²) in [7, 11) is 0. The molecule has 2 rings (SSSR count). The number of morpholine rings is 1. The Balaban J connectivity index is 2.15. The Bertz CT molecular complexity index is 470. The normalized spacial score (nSPS) is 23.2. The molecule has 1 unspecified atom stereocenters. The van der Waals surface area contributed by atoms with Gasteiger partial charge in [0, 0.05) is 25.2 Å². The summed E-state index contributed by atoms with van der Waals surface area (Å²) in [6.07, 6.45) is 0.230. The monoisotopic (exact) mass is 261 g/mol. The standard InChI is InChI=1S/C15H23N3O/c1-11-8-18(10-15(2,3)19-11)9-12-6-4-5-7-13(12)14(16)17/h4-7,11H,8-10H2,1-3H3,(H3,16,17). The van der Waals surface area contributed by atoms with Crippen molar-refractivity contribution in [1.29, 1.82) is 5.41 Å². The Morgan fingerprint density at radius 1 is 1.47 bits per heavy atom. The largest absolute Gasteiger partial charge is 0.384 e. The zero-order valence-corrected chi connectivity index (χ0v) is 11.9. The molecule has 4 nitrogen and oxygen atoms in total. The van der Waals surface area contributed by atoms with Crippen LogP contribution in [0.4, 0.5) is 0 Å². The van der Waals surface area contributed by atoms with Crippen molar-refractivity contribution < 1.29 is 4.74 Å². The molecule has 1 aliphatic heterocycles. The van der Waals surface area contributed by atoms with Crippen molar-refractivity contribution in [1.82, 2.24) is 4.90 Å². The van der Waals surface area contributed by atoms with Gasteiger partial charge in [-0.25, -0.2) is 0 Å². The molecular formula is C15H23N3O. The molecular weight excluding hydrogens is 238 g/mol. The van der Waals surface area contributed by atoms with Crippen LogP contribution in [0.25, 0.3) is 0 Å². The van der Waals surface area contributed by atoms with Gasteiger partial charge in [-0.15, -0.1) is 0 Å². The van der Waals surface area contributed by atoms with Crippen LogP contribution in [0.1, 0.15) is 31.9 Å². The molecule has 0 bridgehead atoms. The molecule has 0 spiro atoms. The van der Waals surface area contributed by atoms with Crippen molar-refractivity contribution in [3.8, 4) is 0 Å². The molecule has 3 N–H and O–H groups in total. The first-order valence-electron chi connectivity index (χ1n) is 6.70. The van der Waals surface area contributed by atoms with Gasteiger partial charge < -0.3 is 10.5 Å². The minimum absolute atomic E-state index is 0.122. The van der Waals surface area contributed by atoms with E-state index in [4.69, 9.17) is 15.9 Å². The number of nitrogens with one attached hydrogen (secondary N) is 1. The summed E-state index contributed by atoms with van der Waals surface area (Å²) in [5, 5.41) is 7.65. The van der Waals surface area contributed by atoms with Gasteiger partial charge in [0.2, 0.25) is 0 Å². The predicted molar refractivity (Wildman–Crippen MR) is 77.4 cm³/mol. The first kappa shape index (κ1) is 14.0. The lowest BCUT2D eigenvalue weighted by Crippen LogP contribution is -2.51. The Kier molecular flexibility index (Phi) is 3.92. The third-order valence-electron chi connectivity index (χ3n) is 3.34. The highest BCUT2D eigenvalue weighted by Crippen LogP contribution is 2.23. The number of nitrogen functional groups attached to an aromatic ring is 1. The Hall–Kier alpha value is -1.39. The molecule has 0 aromatic heterocycles. The van der Waals surface area contributed by atoms with Crippen molar-refractivity contribution in [3.05, 3.63) is 35.4 Å². The summed E-state index contributed by atoms with van der Waals surface area (Å²) in [5.41, 5.74) is 7.46. The fourth-order valence-electron chi connectivity index (χ4n) is 2.87. The molecule has 0 radical (unpaired) electrons. The van der Waals surface area contributed by atoms with Gasteiger partial charge in [0.15, 0.2) is 0 Å². The van der Waals surface area contributed by atoms with Crippen LogP contribution < -0.4 is 5.73 Å². The maximum atomic E-state index is 7.65. The third-order valence-corrected chi connectivity index (χ3v) is 3.34. The van der Waals surface area contributed by atoms with Crippen LogP contribution in [0.5, 0.6) is 0 Å². The maximum Gasteiger partial charge on any atom is 0.123 e. The van der Waals surface area contributed by atoms with Gasteiger partial charge in [0.05, 0.1) is 11.7 Å². The van der Waals surface area contributed by atoms with Crippen molar-refractivity contribution in [2.24, 2.45) is 5.73 Å². The zero-order chi connectivity index (χ0) is 14.0. The van der Waals surface area contributed by atoms with Crippen molar-refractivity contribution in [2.75, 3.05) is 13.1 Å². The number of benzene rings is 1. The Morgan fingerprint density at radius 3 is 2.79 bits per heavy atom. The van der Waals surface area contributed by atoms with Gasteiger partial charge in [-0.3, -0.25) is 10.3 Å². The van der Waals surface area contributed by atoms with Crippen molar-refractivity contribution >= 4 is 5.84 Å². The fraction of sp³-hybridized carbons (Fsp3) is 0.533. The molecule has 0 amide bonds. The summed E-state index contributed by atoms with van der Waals surface area (Å²) in [6, 6.07) is 7.87. The molecule has 1 aromatic carbocycles. The molecule has 0 aliphatic carbocycles. The van der Waals surface area contributed by atoms with E-state index in [1.165, 1.54) is 0 Å². The summed E-state index contributed by atoms with van der Waals surface area (Å²) in [4.78, 5) is 2.37. The minimum Gasteiger partial charge on any atom is -0.384 e. The smallest absolute Gasteiger partial charge is 0.123 e. The molecule has 104 valence electrons. The number of amidine groups is 1. The predicted octanol–water partition coefficient (Wildman–Crippen LogP) is 1.97. The maximum absolute atomic E-state index is 7.65. The first-order chi connectivity index (χ1) is 8.87. The molecule has 4 heteroatoms. The number of hydrogen-bond donors (Lipinski definition) is 2. The average molecular weight is 261 g/mol. The number of rotatable bonds is 3. The summed E-state index contributed by atoms with van der Waals surface area (Å²) in [6.45, 7) is 8.95. The van der Waals surface area contributed by atoms with Crippen molar-refractivity contribution in [2.45, 2.75) is 39.0 Å². The van der Waals surface area contributed by atoms with Gasteiger partial charge in [-0.2, -0.15) is 0 Å². The highest BCUT2D eigenvalue weighted by molar-refractivity contribution is 5.96. The van der Waals surface area contributed by atoms with E-state index in [1.54, 1.807) is 0 Å². The Labute approximate surface area is 115 Å². The van der Waals surface area contributed by atoms with E-state index < -0.39 is 0 Å². The number of nitrogens with zero attached hydrogens (tertiary/aromatic N) is 1. The molecule has 1 aliphatic rings. The summed E-state index contributed by atoms with van der Waals surface area (Å²) in [5.74, 6) is 0.135. The second kappa shape index (κ2) is 5.31. The molecule has 19 heavy (non-hydrogen) atoms. The average Bonchev–Trinajstić information content (AvgIpc) is 2.26. The summed E-state index contributed by atoms with van der Waals surface area (Å²) >= 11 is 0. The van der Waals surface area contributed by atoms with Crippen LogP contribution in [-0.4, -0.2) is 35.5 Å². The summed E-state index contributed by atoms with van der Waals surface area (Å²) < 4.78 is 5.91. The van der Waals surface area contributed by atoms with E-state index in [0.717, 1.165) is 30.8 Å². The SMILES string of the molecule is CC1CN(Cc2ccccc2C(=N)N)CC(C)(C)O1. The Morgan fingerprint density at radius 2 is 2.16 bits per heavy atom. The van der Waals surface area contributed by atoms with Gasteiger partial charge in [-0.05, 0) is 26.3 Å². The van der Waals surface area contributed by atoms with E-state index in [2.05, 4.69) is 25.7 Å². The number of nitrogens with two attached hydrogens (primary N) is 1. The molecule has 1 aromatic rings. The van der Waals surface area contributed by atoms with Gasteiger partial charge >= 0.3 is 0 Å². The second-order valence-corrected chi connectivity index (χ2v) is 5.93. The lowest BCUT2D eigenvalue weighted by Gasteiger charge is -2.42. The van der Waals surface area contributed by atoms with Crippen LogP contribution in [0.2, 0.25) is 0 Å². The van der Waals surface area contributed by atoms with Crippen LogP contribution in [0, 0.1) is 5.41 Å². The first-order valence-corrected chi connectivity index (χ1v) is 6.70. The van der Waals surface area contributed by atoms with Crippen LogP contribution in [-0.2, 0) is 11.3 Å². The van der Waals surface area contributed by atoms with Gasteiger partial charge in [0.25, 0.3) is 0 Å².